The van der Waals surface area contributed by atoms with Crippen molar-refractivity contribution >= 4 is 11.8 Å². The Bertz CT molecular complexity index is 777. The molecule has 2 saturated heterocycles. The minimum atomic E-state index is -0.365. The van der Waals surface area contributed by atoms with Crippen molar-refractivity contribution < 1.29 is 9.53 Å². The number of amides is 1. The summed E-state index contributed by atoms with van der Waals surface area (Å²) in [7, 11) is 0. The smallest absolute Gasteiger partial charge is 0.411 e. The van der Waals surface area contributed by atoms with E-state index in [9.17, 15) is 4.79 Å². The van der Waals surface area contributed by atoms with Gasteiger partial charge >= 0.3 is 6.09 Å². The maximum absolute atomic E-state index is 12.3. The van der Waals surface area contributed by atoms with E-state index >= 15 is 0 Å². The number of hydrogen-bond acceptors (Lipinski definition) is 3. The lowest BCUT2D eigenvalue weighted by Gasteiger charge is -2.28. The van der Waals surface area contributed by atoms with E-state index in [-0.39, 0.29) is 6.09 Å². The van der Waals surface area contributed by atoms with Crippen molar-refractivity contribution in [1.82, 2.24) is 5.32 Å². The number of piperidine rings is 1. The average Bonchev–Trinajstić information content (AvgIpc) is 2.98. The van der Waals surface area contributed by atoms with Crippen molar-refractivity contribution in [3.63, 3.8) is 0 Å². The van der Waals surface area contributed by atoms with Gasteiger partial charge in [-0.3, -0.25) is 5.32 Å². The Morgan fingerprint density at radius 2 is 1.88 bits per heavy atom. The summed E-state index contributed by atoms with van der Waals surface area (Å²) in [5, 5.41) is 6.55. The van der Waals surface area contributed by atoms with Crippen molar-refractivity contribution in [3.8, 4) is 11.1 Å². The lowest BCUT2D eigenvalue weighted by Crippen LogP contribution is -2.39. The summed E-state index contributed by atoms with van der Waals surface area (Å²) in [6, 6.07) is 17.4. The van der Waals surface area contributed by atoms with Crippen LogP contribution in [0.3, 0.4) is 0 Å². The fourth-order valence-corrected chi connectivity index (χ4v) is 4.31. The molecule has 136 valence electrons. The first-order valence-corrected chi connectivity index (χ1v) is 9.53. The third-order valence-corrected chi connectivity index (χ3v) is 5.51. The molecule has 2 heterocycles. The highest BCUT2D eigenvalue weighted by atomic mass is 16.5. The van der Waals surface area contributed by atoms with E-state index in [0.29, 0.717) is 24.6 Å². The molecule has 2 N–H and O–H groups in total. The second-order valence-corrected chi connectivity index (χ2v) is 7.61. The minimum Gasteiger partial charge on any atom is -0.449 e. The molecule has 1 amide bonds. The number of benzene rings is 2. The van der Waals surface area contributed by atoms with E-state index in [1.807, 2.05) is 30.3 Å². The van der Waals surface area contributed by atoms with Crippen molar-refractivity contribution in [1.29, 1.82) is 0 Å². The van der Waals surface area contributed by atoms with E-state index in [1.165, 1.54) is 18.4 Å². The maximum atomic E-state index is 12.3. The molecule has 2 aliphatic heterocycles. The van der Waals surface area contributed by atoms with Gasteiger partial charge in [-0.2, -0.15) is 0 Å². The number of para-hydroxylation sites is 1. The third-order valence-electron chi connectivity index (χ3n) is 5.51. The van der Waals surface area contributed by atoms with Gasteiger partial charge in [0.25, 0.3) is 0 Å². The summed E-state index contributed by atoms with van der Waals surface area (Å²) in [5.74, 6) is 0.478. The number of anilines is 1. The summed E-state index contributed by atoms with van der Waals surface area (Å²) in [5.41, 5.74) is 4.08. The Hall–Kier alpha value is -2.33. The molecular weight excluding hydrogens is 324 g/mol. The molecule has 2 unspecified atom stereocenters. The molecule has 4 nitrogen and oxygen atoms in total. The summed E-state index contributed by atoms with van der Waals surface area (Å²) in [6.45, 7) is 2.58. The predicted molar refractivity (Wildman–Crippen MR) is 104 cm³/mol. The zero-order chi connectivity index (χ0) is 17.9. The second kappa shape index (κ2) is 7.50. The van der Waals surface area contributed by atoms with Gasteiger partial charge in [-0.15, -0.1) is 0 Å². The summed E-state index contributed by atoms with van der Waals surface area (Å²) < 4.78 is 5.55. The lowest BCUT2D eigenvalue weighted by atomic mass is 9.93. The third kappa shape index (κ3) is 3.91. The highest BCUT2D eigenvalue weighted by Crippen LogP contribution is 2.31. The van der Waals surface area contributed by atoms with Gasteiger partial charge in [0.2, 0.25) is 0 Å². The number of hydrogen-bond donors (Lipinski definition) is 2. The van der Waals surface area contributed by atoms with Crippen molar-refractivity contribution in [3.05, 3.63) is 54.1 Å². The molecule has 2 aromatic carbocycles. The van der Waals surface area contributed by atoms with Crippen LogP contribution in [0.15, 0.2) is 48.5 Å². The Morgan fingerprint density at radius 3 is 2.65 bits per heavy atom. The van der Waals surface area contributed by atoms with E-state index in [0.717, 1.165) is 29.7 Å². The van der Waals surface area contributed by atoms with E-state index in [2.05, 4.69) is 35.8 Å². The monoisotopic (exact) mass is 350 g/mol. The molecule has 26 heavy (non-hydrogen) atoms. The molecule has 0 radical (unpaired) electrons. The molecule has 2 aliphatic rings. The largest absolute Gasteiger partial charge is 0.449 e. The first kappa shape index (κ1) is 17.1. The topological polar surface area (TPSA) is 50.4 Å². The van der Waals surface area contributed by atoms with Crippen LogP contribution in [0.5, 0.6) is 0 Å². The zero-order valence-electron chi connectivity index (χ0n) is 15.2. The van der Waals surface area contributed by atoms with Crippen LogP contribution in [0.2, 0.25) is 0 Å². The van der Waals surface area contributed by atoms with Gasteiger partial charge in [-0.25, -0.2) is 4.79 Å². The SMILES string of the molecule is Cc1cccc(-c2ccccc2NC(=O)OCC2CC3CCC(C2)N3)c1. The fraction of sp³-hybridized carbons (Fsp3) is 0.409. The Labute approximate surface area is 155 Å². The number of nitrogens with one attached hydrogen (secondary N) is 2. The lowest BCUT2D eigenvalue weighted by molar-refractivity contribution is 0.122. The van der Waals surface area contributed by atoms with Crippen molar-refractivity contribution in [2.75, 3.05) is 11.9 Å². The molecule has 0 saturated carbocycles. The quantitative estimate of drug-likeness (QED) is 0.837. The Kier molecular flexibility index (Phi) is 4.93. The van der Waals surface area contributed by atoms with Gasteiger partial charge in [0.1, 0.15) is 0 Å². The normalized spacial score (nSPS) is 24.3. The Morgan fingerprint density at radius 1 is 1.12 bits per heavy atom. The molecule has 0 spiro atoms. The van der Waals surface area contributed by atoms with Crippen LogP contribution in [-0.2, 0) is 4.74 Å². The fourth-order valence-electron chi connectivity index (χ4n) is 4.31. The van der Waals surface area contributed by atoms with Gasteiger partial charge in [-0.05, 0) is 50.2 Å². The van der Waals surface area contributed by atoms with Crippen LogP contribution in [0.1, 0.15) is 31.2 Å². The number of aryl methyl sites for hydroxylation is 1. The highest BCUT2D eigenvalue weighted by molar-refractivity contribution is 5.91. The number of carbonyl (C=O) groups excluding carboxylic acids is 1. The highest BCUT2D eigenvalue weighted by Gasteiger charge is 2.33. The van der Waals surface area contributed by atoms with Crippen molar-refractivity contribution in [2.45, 2.75) is 44.7 Å². The molecule has 2 fully saturated rings. The van der Waals surface area contributed by atoms with E-state index < -0.39 is 0 Å². The van der Waals surface area contributed by atoms with Crippen LogP contribution in [0.4, 0.5) is 10.5 Å². The van der Waals surface area contributed by atoms with Crippen LogP contribution in [0.25, 0.3) is 11.1 Å². The minimum absolute atomic E-state index is 0.365. The van der Waals surface area contributed by atoms with Crippen LogP contribution >= 0.6 is 0 Å². The molecule has 4 rings (SSSR count). The van der Waals surface area contributed by atoms with Crippen LogP contribution in [-0.4, -0.2) is 24.8 Å². The molecule has 2 bridgehead atoms. The molecular formula is C22H26N2O2. The van der Waals surface area contributed by atoms with Gasteiger partial charge in [0.15, 0.2) is 0 Å². The van der Waals surface area contributed by atoms with E-state index in [4.69, 9.17) is 4.74 Å². The van der Waals surface area contributed by atoms with Gasteiger partial charge < -0.3 is 10.1 Å². The molecule has 2 atom stereocenters. The van der Waals surface area contributed by atoms with Gasteiger partial charge in [0.05, 0.1) is 12.3 Å². The summed E-state index contributed by atoms with van der Waals surface area (Å²) in [6.07, 6.45) is 4.39. The Balaban J connectivity index is 1.39. The summed E-state index contributed by atoms with van der Waals surface area (Å²) >= 11 is 0. The molecule has 0 aliphatic carbocycles. The van der Waals surface area contributed by atoms with Gasteiger partial charge in [0, 0.05) is 17.6 Å². The maximum Gasteiger partial charge on any atom is 0.411 e. The number of carbonyl (C=O) groups is 1. The molecule has 2 aromatic rings. The second-order valence-electron chi connectivity index (χ2n) is 7.61. The van der Waals surface area contributed by atoms with Crippen LogP contribution in [0, 0.1) is 12.8 Å². The van der Waals surface area contributed by atoms with E-state index in [1.54, 1.807) is 0 Å². The van der Waals surface area contributed by atoms with Crippen molar-refractivity contribution in [2.24, 2.45) is 5.92 Å². The van der Waals surface area contributed by atoms with Gasteiger partial charge in [-0.1, -0.05) is 48.0 Å². The zero-order valence-corrected chi connectivity index (χ0v) is 15.2. The number of ether oxygens (including phenoxy) is 1. The number of rotatable bonds is 4. The first-order chi connectivity index (χ1) is 12.7. The molecule has 0 aromatic heterocycles. The van der Waals surface area contributed by atoms with Crippen LogP contribution < -0.4 is 10.6 Å². The summed E-state index contributed by atoms with van der Waals surface area (Å²) in [4.78, 5) is 12.3. The predicted octanol–water partition coefficient (Wildman–Crippen LogP) is 4.74. The standard InChI is InChI=1S/C22H26N2O2/c1-15-5-4-6-17(11-15)20-7-2-3-8-21(20)24-22(25)26-14-16-12-18-9-10-19(13-16)23-18/h2-8,11,16,18-19,23H,9-10,12-14H2,1H3,(H,24,25). The number of fused-ring (bicyclic) bond motifs is 2. The first-order valence-electron chi connectivity index (χ1n) is 9.53. The molecule has 4 heteroatoms. The average molecular weight is 350 g/mol.